The largest absolute Gasteiger partial charge is 0.350 e. The Morgan fingerprint density at radius 2 is 1.67 bits per heavy atom. The maximum Gasteiger partial charge on any atom is 0.283 e. The molecule has 1 aliphatic carbocycles. The van der Waals surface area contributed by atoms with Crippen LogP contribution in [0.3, 0.4) is 0 Å². The van der Waals surface area contributed by atoms with Gasteiger partial charge in [-0.3, -0.25) is 14.4 Å². The van der Waals surface area contributed by atoms with Gasteiger partial charge in [0.15, 0.2) is 0 Å². The summed E-state index contributed by atoms with van der Waals surface area (Å²) < 4.78 is 0. The van der Waals surface area contributed by atoms with Gasteiger partial charge in [0.05, 0.1) is 5.69 Å². The normalized spacial score (nSPS) is 17.4. The lowest BCUT2D eigenvalue weighted by atomic mass is 10.1. The molecule has 3 amide bonds. The summed E-state index contributed by atoms with van der Waals surface area (Å²) in [7, 11) is 0. The Morgan fingerprint density at radius 1 is 0.939 bits per heavy atom. The molecule has 0 bridgehead atoms. The molecule has 0 unspecified atom stereocenters. The molecule has 2 aromatic rings. The van der Waals surface area contributed by atoms with Crippen LogP contribution >= 0.6 is 11.6 Å². The van der Waals surface area contributed by atoms with Gasteiger partial charge in [-0.1, -0.05) is 49.4 Å². The van der Waals surface area contributed by atoms with Crippen molar-refractivity contribution in [2.45, 2.75) is 58.4 Å². The van der Waals surface area contributed by atoms with Crippen LogP contribution in [0.4, 0.5) is 11.4 Å². The third-order valence-corrected chi connectivity index (χ3v) is 6.71. The highest BCUT2D eigenvalue weighted by atomic mass is 35.5. The second kappa shape index (κ2) is 9.79. The van der Waals surface area contributed by atoms with E-state index in [0.29, 0.717) is 16.9 Å². The van der Waals surface area contributed by atoms with E-state index in [-0.39, 0.29) is 22.7 Å². The molecule has 2 N–H and O–H groups in total. The van der Waals surface area contributed by atoms with Crippen molar-refractivity contribution in [2.24, 2.45) is 0 Å². The summed E-state index contributed by atoms with van der Waals surface area (Å²) in [5.41, 5.74) is 3.51. The number of anilines is 2. The molecule has 33 heavy (non-hydrogen) atoms. The molecule has 0 aromatic heterocycles. The first-order valence-electron chi connectivity index (χ1n) is 11.4. The van der Waals surface area contributed by atoms with Crippen LogP contribution < -0.4 is 15.5 Å². The van der Waals surface area contributed by atoms with E-state index in [1.54, 1.807) is 36.4 Å². The van der Waals surface area contributed by atoms with Crippen molar-refractivity contribution in [3.8, 4) is 0 Å². The molecule has 172 valence electrons. The van der Waals surface area contributed by atoms with Crippen LogP contribution in [0, 0.1) is 13.8 Å². The fourth-order valence-electron chi connectivity index (χ4n) is 4.29. The van der Waals surface area contributed by atoms with Gasteiger partial charge in [-0.15, -0.1) is 0 Å². The van der Waals surface area contributed by atoms with E-state index in [1.807, 2.05) is 19.9 Å². The van der Waals surface area contributed by atoms with Crippen molar-refractivity contribution in [3.05, 3.63) is 69.9 Å². The monoisotopic (exact) mass is 465 g/mol. The molecule has 1 heterocycles. The highest BCUT2D eigenvalue weighted by Crippen LogP contribution is 2.31. The summed E-state index contributed by atoms with van der Waals surface area (Å²) in [5, 5.41) is 5.91. The van der Waals surface area contributed by atoms with Crippen LogP contribution in [0.5, 0.6) is 0 Å². The Balaban J connectivity index is 1.50. The minimum Gasteiger partial charge on any atom is -0.350 e. The number of hydrogen-bond acceptors (Lipinski definition) is 4. The number of nitrogens with one attached hydrogen (secondary N) is 2. The highest BCUT2D eigenvalue weighted by molar-refractivity contribution is 6.53. The van der Waals surface area contributed by atoms with E-state index in [0.717, 1.165) is 41.7 Å². The maximum atomic E-state index is 13.1. The number of halogens is 1. The second-order valence-corrected chi connectivity index (χ2v) is 9.15. The third-order valence-electron chi connectivity index (χ3n) is 6.36. The fraction of sp³-hybridized carbons (Fsp3) is 0.346. The predicted octanol–water partition coefficient (Wildman–Crippen LogP) is 5.19. The van der Waals surface area contributed by atoms with E-state index in [9.17, 15) is 14.4 Å². The number of rotatable bonds is 5. The number of hydrogen-bond donors (Lipinski definition) is 2. The quantitative estimate of drug-likeness (QED) is 0.470. The van der Waals surface area contributed by atoms with Crippen molar-refractivity contribution < 1.29 is 14.4 Å². The number of aryl methyl sites for hydroxylation is 2. The topological polar surface area (TPSA) is 78.5 Å². The lowest BCUT2D eigenvalue weighted by Crippen LogP contribution is -2.34. The Labute approximate surface area is 199 Å². The van der Waals surface area contributed by atoms with Gasteiger partial charge in [0.2, 0.25) is 0 Å². The second-order valence-electron chi connectivity index (χ2n) is 8.77. The van der Waals surface area contributed by atoms with E-state index < -0.39 is 11.8 Å². The lowest BCUT2D eigenvalue weighted by molar-refractivity contribution is -0.120. The molecular weight excluding hydrogens is 438 g/mol. The number of imide groups is 1. The molecule has 1 fully saturated rings. The van der Waals surface area contributed by atoms with Crippen LogP contribution in [0.25, 0.3) is 0 Å². The van der Waals surface area contributed by atoms with E-state index in [1.165, 1.54) is 12.8 Å². The highest BCUT2D eigenvalue weighted by Gasteiger charge is 2.39. The standard InChI is InChI=1S/C26H28ClN3O3/c1-16-12-13-21(14-17(16)2)30-25(32)22(27)23(26(30)33)28-20-11-7-8-18(15-20)24(31)29-19-9-5-3-4-6-10-19/h7-8,11-15,19,28H,3-6,9-10H2,1-2H3,(H,29,31). The van der Waals surface area contributed by atoms with Crippen molar-refractivity contribution in [1.82, 2.24) is 5.32 Å². The Bertz CT molecular complexity index is 1130. The third kappa shape index (κ3) is 4.96. The number of benzene rings is 2. The zero-order valence-electron chi connectivity index (χ0n) is 18.9. The van der Waals surface area contributed by atoms with Gasteiger partial charge >= 0.3 is 0 Å². The zero-order chi connectivity index (χ0) is 23.5. The summed E-state index contributed by atoms with van der Waals surface area (Å²) in [4.78, 5) is 39.7. The first-order valence-corrected chi connectivity index (χ1v) is 11.8. The number of carbonyl (C=O) groups is 3. The number of amides is 3. The van der Waals surface area contributed by atoms with E-state index in [4.69, 9.17) is 11.6 Å². The van der Waals surface area contributed by atoms with Crippen LogP contribution in [0.2, 0.25) is 0 Å². The van der Waals surface area contributed by atoms with Crippen LogP contribution in [-0.2, 0) is 9.59 Å². The first kappa shape index (κ1) is 23.1. The summed E-state index contributed by atoms with van der Waals surface area (Å²) in [6, 6.07) is 12.4. The van der Waals surface area contributed by atoms with Crippen LogP contribution in [-0.4, -0.2) is 23.8 Å². The molecular formula is C26H28ClN3O3. The maximum absolute atomic E-state index is 13.1. The van der Waals surface area contributed by atoms with Gasteiger partial charge in [-0.2, -0.15) is 0 Å². The van der Waals surface area contributed by atoms with Crippen molar-refractivity contribution in [2.75, 3.05) is 10.2 Å². The number of carbonyl (C=O) groups excluding carboxylic acids is 3. The van der Waals surface area contributed by atoms with Gasteiger partial charge in [0.25, 0.3) is 17.7 Å². The molecule has 0 saturated heterocycles. The summed E-state index contributed by atoms with van der Waals surface area (Å²) in [6.45, 7) is 3.88. The molecule has 0 atom stereocenters. The van der Waals surface area contributed by atoms with E-state index >= 15 is 0 Å². The predicted molar refractivity (Wildman–Crippen MR) is 130 cm³/mol. The first-order chi connectivity index (χ1) is 15.8. The molecule has 4 rings (SSSR count). The molecule has 7 heteroatoms. The average Bonchev–Trinajstić information content (AvgIpc) is 2.98. The molecule has 1 saturated carbocycles. The summed E-state index contributed by atoms with van der Waals surface area (Å²) in [5.74, 6) is -1.24. The van der Waals surface area contributed by atoms with Gasteiger partial charge in [-0.05, 0) is 68.1 Å². The van der Waals surface area contributed by atoms with Crippen molar-refractivity contribution >= 4 is 40.7 Å². The minimum atomic E-state index is -0.574. The fourth-order valence-corrected chi connectivity index (χ4v) is 4.50. The molecule has 0 radical (unpaired) electrons. The summed E-state index contributed by atoms with van der Waals surface area (Å²) >= 11 is 6.26. The van der Waals surface area contributed by atoms with Crippen molar-refractivity contribution in [1.29, 1.82) is 0 Å². The van der Waals surface area contributed by atoms with E-state index in [2.05, 4.69) is 10.6 Å². The molecule has 6 nitrogen and oxygen atoms in total. The summed E-state index contributed by atoms with van der Waals surface area (Å²) in [6.07, 6.45) is 6.69. The van der Waals surface area contributed by atoms with Crippen LogP contribution in [0.1, 0.15) is 60.0 Å². The van der Waals surface area contributed by atoms with Gasteiger partial charge in [0.1, 0.15) is 10.7 Å². The Hall–Kier alpha value is -3.12. The SMILES string of the molecule is Cc1ccc(N2C(=O)C(Cl)=C(Nc3cccc(C(=O)NC4CCCCCC4)c3)C2=O)cc1C. The average molecular weight is 466 g/mol. The lowest BCUT2D eigenvalue weighted by Gasteiger charge is -2.17. The Morgan fingerprint density at radius 3 is 2.36 bits per heavy atom. The molecule has 2 aliphatic rings. The van der Waals surface area contributed by atoms with Crippen molar-refractivity contribution in [3.63, 3.8) is 0 Å². The van der Waals surface area contributed by atoms with Crippen LogP contribution in [0.15, 0.2) is 53.2 Å². The minimum absolute atomic E-state index is 0.00113. The molecule has 0 spiro atoms. The Kier molecular flexibility index (Phi) is 6.84. The van der Waals surface area contributed by atoms with Gasteiger partial charge < -0.3 is 10.6 Å². The zero-order valence-corrected chi connectivity index (χ0v) is 19.7. The van der Waals surface area contributed by atoms with Gasteiger partial charge in [0, 0.05) is 17.3 Å². The van der Waals surface area contributed by atoms with Gasteiger partial charge in [-0.25, -0.2) is 4.90 Å². The molecule has 1 aliphatic heterocycles. The number of nitrogens with zero attached hydrogens (tertiary/aromatic N) is 1. The molecule has 2 aromatic carbocycles. The smallest absolute Gasteiger partial charge is 0.283 e.